The van der Waals surface area contributed by atoms with Gasteiger partial charge in [0.2, 0.25) is 5.88 Å². The Labute approximate surface area is 176 Å². The van der Waals surface area contributed by atoms with Crippen LogP contribution in [0.4, 0.5) is 4.39 Å². The van der Waals surface area contributed by atoms with Crippen molar-refractivity contribution < 1.29 is 13.9 Å². The first-order valence-corrected chi connectivity index (χ1v) is 8.48. The van der Waals surface area contributed by atoms with E-state index < -0.39 is 0 Å². The Bertz CT molecular complexity index is 716. The minimum Gasteiger partial charge on any atom is -0.475 e. The van der Waals surface area contributed by atoms with E-state index in [9.17, 15) is 4.39 Å². The lowest BCUT2D eigenvalue weighted by Crippen LogP contribution is -2.38. The van der Waals surface area contributed by atoms with Crippen molar-refractivity contribution in [3.63, 3.8) is 0 Å². The molecule has 0 amide bonds. The Hall–Kier alpha value is -1.94. The van der Waals surface area contributed by atoms with Crippen LogP contribution < -0.4 is 15.4 Å². The predicted molar refractivity (Wildman–Crippen MR) is 115 cm³/mol. The molecule has 0 radical (unpaired) electrons. The number of hydrogen-bond donors (Lipinski definition) is 2. The van der Waals surface area contributed by atoms with Crippen molar-refractivity contribution in [3.8, 4) is 5.88 Å². The van der Waals surface area contributed by atoms with Crippen LogP contribution in [0.25, 0.3) is 0 Å². The van der Waals surface area contributed by atoms with Crippen LogP contribution in [0.1, 0.15) is 11.1 Å². The molecule has 0 aliphatic rings. The molecule has 0 saturated heterocycles. The number of hydrogen-bond acceptors (Lipinski definition) is 4. The number of ether oxygens (including phenoxy) is 2. The molecule has 0 bridgehead atoms. The van der Waals surface area contributed by atoms with E-state index in [0.29, 0.717) is 50.1 Å². The van der Waals surface area contributed by atoms with E-state index in [0.717, 1.165) is 5.56 Å². The van der Waals surface area contributed by atoms with Crippen LogP contribution >= 0.6 is 24.0 Å². The molecule has 0 spiro atoms. The standard InChI is InChI=1S/C19H25FN4O2.HI/c1-21-19(23-11-9-15-6-3-4-8-17(15)20)24-14-16-7-5-10-22-18(16)26-13-12-25-2;/h3-8,10H,9,11-14H2,1-2H3,(H2,21,23,24);1H. The fourth-order valence-corrected chi connectivity index (χ4v) is 2.33. The minimum atomic E-state index is -0.189. The zero-order valence-corrected chi connectivity index (χ0v) is 17.9. The van der Waals surface area contributed by atoms with Crippen LogP contribution in [-0.4, -0.2) is 44.9 Å². The Balaban J connectivity index is 0.00000364. The van der Waals surface area contributed by atoms with Crippen LogP contribution in [0.2, 0.25) is 0 Å². The van der Waals surface area contributed by atoms with Crippen LogP contribution in [0.15, 0.2) is 47.6 Å². The molecule has 0 aliphatic carbocycles. The van der Waals surface area contributed by atoms with E-state index >= 15 is 0 Å². The number of aromatic nitrogens is 1. The molecule has 2 aromatic rings. The van der Waals surface area contributed by atoms with Crippen molar-refractivity contribution in [2.24, 2.45) is 4.99 Å². The summed E-state index contributed by atoms with van der Waals surface area (Å²) in [6, 6.07) is 10.6. The summed E-state index contributed by atoms with van der Waals surface area (Å²) in [6.07, 6.45) is 2.26. The number of guanidine groups is 1. The van der Waals surface area contributed by atoms with Crippen LogP contribution in [0, 0.1) is 5.82 Å². The third kappa shape index (κ3) is 8.08. The monoisotopic (exact) mass is 488 g/mol. The molecule has 1 heterocycles. The van der Waals surface area contributed by atoms with Crippen LogP contribution in [-0.2, 0) is 17.7 Å². The smallest absolute Gasteiger partial charge is 0.218 e. The molecule has 0 fully saturated rings. The van der Waals surface area contributed by atoms with Gasteiger partial charge in [0.1, 0.15) is 12.4 Å². The van der Waals surface area contributed by atoms with Gasteiger partial charge in [-0.2, -0.15) is 0 Å². The summed E-state index contributed by atoms with van der Waals surface area (Å²) in [4.78, 5) is 8.43. The first-order valence-electron chi connectivity index (χ1n) is 8.48. The van der Waals surface area contributed by atoms with E-state index in [4.69, 9.17) is 9.47 Å². The number of pyridine rings is 1. The summed E-state index contributed by atoms with van der Waals surface area (Å²) in [7, 11) is 3.32. The number of aliphatic imine (C=N–C) groups is 1. The molecule has 1 aromatic heterocycles. The van der Waals surface area contributed by atoms with Crippen molar-refractivity contribution in [1.29, 1.82) is 0 Å². The highest BCUT2D eigenvalue weighted by molar-refractivity contribution is 14.0. The van der Waals surface area contributed by atoms with Crippen molar-refractivity contribution in [3.05, 3.63) is 59.5 Å². The molecule has 2 rings (SSSR count). The molecule has 6 nitrogen and oxygen atoms in total. The number of benzene rings is 1. The van der Waals surface area contributed by atoms with E-state index in [1.165, 1.54) is 6.07 Å². The Kier molecular flexibility index (Phi) is 11.3. The largest absolute Gasteiger partial charge is 0.475 e. The average molecular weight is 488 g/mol. The summed E-state index contributed by atoms with van der Waals surface area (Å²) in [5.74, 6) is 1.01. The highest BCUT2D eigenvalue weighted by Gasteiger charge is 2.06. The van der Waals surface area contributed by atoms with Crippen molar-refractivity contribution in [1.82, 2.24) is 15.6 Å². The van der Waals surface area contributed by atoms with Gasteiger partial charge >= 0.3 is 0 Å². The topological polar surface area (TPSA) is 67.8 Å². The third-order valence-corrected chi connectivity index (χ3v) is 3.69. The molecule has 0 unspecified atom stereocenters. The van der Waals surface area contributed by atoms with Gasteiger partial charge in [-0.3, -0.25) is 4.99 Å². The maximum Gasteiger partial charge on any atom is 0.218 e. The molecule has 8 heteroatoms. The molecule has 0 aliphatic heterocycles. The molecule has 0 saturated carbocycles. The second-order valence-corrected chi connectivity index (χ2v) is 5.50. The Morgan fingerprint density at radius 3 is 2.63 bits per heavy atom. The summed E-state index contributed by atoms with van der Waals surface area (Å²) in [6.45, 7) is 2.03. The SMILES string of the molecule is CN=C(NCCc1ccccc1F)NCc1cccnc1OCCOC.I. The summed E-state index contributed by atoms with van der Waals surface area (Å²) >= 11 is 0. The molecular weight excluding hydrogens is 462 g/mol. The quantitative estimate of drug-likeness (QED) is 0.246. The third-order valence-electron chi connectivity index (χ3n) is 3.69. The molecule has 1 aromatic carbocycles. The lowest BCUT2D eigenvalue weighted by Gasteiger charge is -2.14. The number of rotatable bonds is 9. The van der Waals surface area contributed by atoms with Gasteiger partial charge in [-0.25, -0.2) is 9.37 Å². The van der Waals surface area contributed by atoms with Gasteiger partial charge < -0.3 is 20.1 Å². The predicted octanol–water partition coefficient (Wildman–Crippen LogP) is 2.77. The van der Waals surface area contributed by atoms with Crippen molar-refractivity contribution in [2.75, 3.05) is 33.9 Å². The summed E-state index contributed by atoms with van der Waals surface area (Å²) in [5, 5.41) is 6.39. The van der Waals surface area contributed by atoms with E-state index in [2.05, 4.69) is 20.6 Å². The van der Waals surface area contributed by atoms with E-state index in [-0.39, 0.29) is 29.8 Å². The fourth-order valence-electron chi connectivity index (χ4n) is 2.33. The van der Waals surface area contributed by atoms with E-state index in [1.54, 1.807) is 32.5 Å². The van der Waals surface area contributed by atoms with Gasteiger partial charge in [-0.15, -0.1) is 24.0 Å². The first kappa shape index (κ1) is 23.1. The molecule has 2 N–H and O–H groups in total. The lowest BCUT2D eigenvalue weighted by molar-refractivity contribution is 0.143. The second kappa shape index (κ2) is 13.3. The van der Waals surface area contributed by atoms with Gasteiger partial charge in [-0.05, 0) is 24.1 Å². The summed E-state index contributed by atoms with van der Waals surface area (Å²) < 4.78 is 24.2. The number of nitrogens with one attached hydrogen (secondary N) is 2. The fraction of sp³-hybridized carbons (Fsp3) is 0.368. The second-order valence-electron chi connectivity index (χ2n) is 5.50. The number of methoxy groups -OCH3 is 1. The van der Waals surface area contributed by atoms with Crippen LogP contribution in [0.5, 0.6) is 5.88 Å². The van der Waals surface area contributed by atoms with Gasteiger partial charge in [0.05, 0.1) is 6.61 Å². The number of nitrogens with zero attached hydrogens (tertiary/aromatic N) is 2. The highest BCUT2D eigenvalue weighted by Crippen LogP contribution is 2.13. The van der Waals surface area contributed by atoms with Crippen LogP contribution in [0.3, 0.4) is 0 Å². The van der Waals surface area contributed by atoms with Crippen molar-refractivity contribution >= 4 is 29.9 Å². The van der Waals surface area contributed by atoms with Gasteiger partial charge in [-0.1, -0.05) is 24.3 Å². The van der Waals surface area contributed by atoms with Gasteiger partial charge in [0.25, 0.3) is 0 Å². The lowest BCUT2D eigenvalue weighted by atomic mass is 10.1. The maximum absolute atomic E-state index is 13.6. The zero-order chi connectivity index (χ0) is 18.6. The van der Waals surface area contributed by atoms with Gasteiger partial charge in [0, 0.05) is 39.0 Å². The molecule has 0 atom stereocenters. The first-order chi connectivity index (χ1) is 12.7. The Morgan fingerprint density at radius 1 is 1.11 bits per heavy atom. The maximum atomic E-state index is 13.6. The van der Waals surface area contributed by atoms with E-state index in [1.807, 2.05) is 18.2 Å². The molecule has 27 heavy (non-hydrogen) atoms. The normalized spacial score (nSPS) is 10.9. The average Bonchev–Trinajstić information content (AvgIpc) is 2.67. The number of halogens is 2. The Morgan fingerprint density at radius 2 is 1.89 bits per heavy atom. The van der Waals surface area contributed by atoms with Gasteiger partial charge in [0.15, 0.2) is 5.96 Å². The summed E-state index contributed by atoms with van der Waals surface area (Å²) in [5.41, 5.74) is 1.59. The highest BCUT2D eigenvalue weighted by atomic mass is 127. The zero-order valence-electron chi connectivity index (χ0n) is 15.6. The molecule has 148 valence electrons. The molecular formula is C19H26FIN4O2. The van der Waals surface area contributed by atoms with Crippen molar-refractivity contribution in [2.45, 2.75) is 13.0 Å². The minimum absolute atomic E-state index is 0.